The molecule has 0 bridgehead atoms. The van der Waals surface area contributed by atoms with Gasteiger partial charge in [0, 0.05) is 84.1 Å². The highest BCUT2D eigenvalue weighted by molar-refractivity contribution is 6.35. The van der Waals surface area contributed by atoms with Gasteiger partial charge in [0.15, 0.2) is 0 Å². The van der Waals surface area contributed by atoms with E-state index in [2.05, 4.69) is 48.8 Å². The summed E-state index contributed by atoms with van der Waals surface area (Å²) in [6.07, 6.45) is 5.04. The van der Waals surface area contributed by atoms with Crippen molar-refractivity contribution >= 4 is 34.1 Å². The van der Waals surface area contributed by atoms with Gasteiger partial charge in [-0.3, -0.25) is 9.80 Å². The molecule has 2 atom stereocenters. The van der Waals surface area contributed by atoms with E-state index in [4.69, 9.17) is 23.2 Å². The third kappa shape index (κ3) is 6.18. The number of para-hydroxylation sites is 1. The number of fused-ring (bicyclic) bond motifs is 1. The maximum atomic E-state index is 15.0. The number of hydrogen-bond acceptors (Lipinski definition) is 5. The summed E-state index contributed by atoms with van der Waals surface area (Å²) in [7, 11) is 0. The average molecular weight is 626 g/mol. The molecule has 0 amide bonds. The van der Waals surface area contributed by atoms with Gasteiger partial charge in [-0.2, -0.15) is 5.10 Å². The molecule has 0 aliphatic carbocycles. The molecule has 2 aromatic heterocycles. The summed E-state index contributed by atoms with van der Waals surface area (Å²) < 4.78 is 32.5. The molecule has 1 saturated heterocycles. The Morgan fingerprint density at radius 1 is 0.953 bits per heavy atom. The second-order valence-electron chi connectivity index (χ2n) is 11.2. The van der Waals surface area contributed by atoms with Crippen molar-refractivity contribution in [3.05, 3.63) is 118 Å². The van der Waals surface area contributed by atoms with Gasteiger partial charge in [-0.05, 0) is 42.3 Å². The number of rotatable bonds is 9. The van der Waals surface area contributed by atoms with Gasteiger partial charge in [0.2, 0.25) is 0 Å². The molecule has 0 unspecified atom stereocenters. The smallest absolute Gasteiger partial charge is 0.137 e. The lowest BCUT2D eigenvalue weighted by atomic mass is 9.85. The number of aromatic nitrogens is 4. The molecule has 5 aromatic rings. The molecule has 224 valence electrons. The zero-order valence-corrected chi connectivity index (χ0v) is 25.2. The largest absolute Gasteiger partial charge is 0.381 e. The zero-order chi connectivity index (χ0) is 30.1. The minimum Gasteiger partial charge on any atom is -0.381 e. The van der Waals surface area contributed by atoms with Crippen molar-refractivity contribution in [1.82, 2.24) is 29.1 Å². The summed E-state index contributed by atoms with van der Waals surface area (Å²) in [5, 5.41) is 18.6. The molecule has 3 aromatic carbocycles. The Kier molecular flexibility index (Phi) is 8.53. The van der Waals surface area contributed by atoms with Crippen molar-refractivity contribution in [1.29, 1.82) is 0 Å². The van der Waals surface area contributed by atoms with Crippen molar-refractivity contribution in [3.8, 4) is 0 Å². The lowest BCUT2D eigenvalue weighted by Crippen LogP contribution is -2.57. The highest BCUT2D eigenvalue weighted by Crippen LogP contribution is 2.34. The van der Waals surface area contributed by atoms with E-state index in [1.807, 2.05) is 25.1 Å². The van der Waals surface area contributed by atoms with Crippen molar-refractivity contribution in [2.75, 3.05) is 26.2 Å². The fourth-order valence-electron chi connectivity index (χ4n) is 6.11. The molecule has 0 radical (unpaired) electrons. The first-order chi connectivity index (χ1) is 20.7. The summed E-state index contributed by atoms with van der Waals surface area (Å²) in [6.45, 7) is 6.12. The number of piperazine rings is 1. The number of benzene rings is 3. The summed E-state index contributed by atoms with van der Waals surface area (Å²) in [6, 6.07) is 16.8. The SMILES string of the molecule is C[C@@H](N1CCN(Cc2cn(Cc3ccc(Cl)cc3Cl)c3ccccc23)CC1)[C@](O)(Cn1cncn1)c1ccc(F)cc1F. The number of aliphatic hydroxyl groups is 1. The maximum Gasteiger partial charge on any atom is 0.137 e. The molecule has 0 spiro atoms. The molecule has 0 saturated carbocycles. The van der Waals surface area contributed by atoms with Crippen LogP contribution in [-0.4, -0.2) is 66.5 Å². The normalized spacial score (nSPS) is 16.9. The Labute approximate surface area is 258 Å². The van der Waals surface area contributed by atoms with Crippen LogP contribution in [0.1, 0.15) is 23.6 Å². The van der Waals surface area contributed by atoms with Gasteiger partial charge in [-0.25, -0.2) is 18.4 Å². The van der Waals surface area contributed by atoms with Gasteiger partial charge in [-0.1, -0.05) is 53.5 Å². The Bertz CT molecular complexity index is 1720. The van der Waals surface area contributed by atoms with Crippen LogP contribution in [0.25, 0.3) is 10.9 Å². The van der Waals surface area contributed by atoms with Crippen molar-refractivity contribution in [2.24, 2.45) is 0 Å². The van der Waals surface area contributed by atoms with E-state index in [1.165, 1.54) is 40.4 Å². The van der Waals surface area contributed by atoms with Gasteiger partial charge in [-0.15, -0.1) is 0 Å². The van der Waals surface area contributed by atoms with Crippen molar-refractivity contribution in [3.63, 3.8) is 0 Å². The molecular weight excluding hydrogens is 593 g/mol. The van der Waals surface area contributed by atoms with Gasteiger partial charge in [0.1, 0.15) is 29.9 Å². The van der Waals surface area contributed by atoms with E-state index in [9.17, 15) is 9.50 Å². The minimum atomic E-state index is -1.66. The van der Waals surface area contributed by atoms with Crippen molar-refractivity contribution < 1.29 is 13.9 Å². The number of nitrogens with zero attached hydrogens (tertiary/aromatic N) is 6. The quantitative estimate of drug-likeness (QED) is 0.219. The van der Waals surface area contributed by atoms with Crippen LogP contribution in [0.15, 0.2) is 79.5 Å². The predicted molar refractivity (Wildman–Crippen MR) is 164 cm³/mol. The molecule has 1 aliphatic rings. The average Bonchev–Trinajstić information content (AvgIpc) is 3.62. The third-order valence-electron chi connectivity index (χ3n) is 8.53. The number of hydrogen-bond donors (Lipinski definition) is 1. The van der Waals surface area contributed by atoms with Crippen LogP contribution >= 0.6 is 23.2 Å². The second kappa shape index (κ2) is 12.3. The first-order valence-corrected chi connectivity index (χ1v) is 14.9. The van der Waals surface area contributed by atoms with Crippen LogP contribution in [0.3, 0.4) is 0 Å². The molecule has 1 fully saturated rings. The van der Waals surface area contributed by atoms with E-state index < -0.39 is 23.3 Å². The summed E-state index contributed by atoms with van der Waals surface area (Å²) in [5.41, 5.74) is 1.72. The minimum absolute atomic E-state index is 0.0198. The summed E-state index contributed by atoms with van der Waals surface area (Å²) in [4.78, 5) is 8.51. The van der Waals surface area contributed by atoms with Crippen LogP contribution in [0, 0.1) is 11.6 Å². The van der Waals surface area contributed by atoms with Crippen LogP contribution in [-0.2, 0) is 25.2 Å². The standard InChI is InChI=1S/C32H32Cl2F2N6O/c1-22(32(43,19-42-21-37-20-38-42)28-9-8-26(35)15-30(28)36)40-12-10-39(11-13-40)16-24-18-41(31-5-3-2-4-27(24)31)17-23-6-7-25(33)14-29(23)34/h2-9,14-15,18,20-22,43H,10-13,16-17,19H2,1H3/t22-,32-/m1/s1. The number of halogens is 4. The highest BCUT2D eigenvalue weighted by atomic mass is 35.5. The zero-order valence-electron chi connectivity index (χ0n) is 23.7. The van der Waals surface area contributed by atoms with E-state index in [1.54, 1.807) is 6.07 Å². The van der Waals surface area contributed by atoms with E-state index >= 15 is 4.39 Å². The van der Waals surface area contributed by atoms with E-state index in [0.717, 1.165) is 36.8 Å². The van der Waals surface area contributed by atoms with Crippen molar-refractivity contribution in [2.45, 2.75) is 38.2 Å². The molecule has 3 heterocycles. The van der Waals surface area contributed by atoms with Crippen LogP contribution < -0.4 is 0 Å². The lowest BCUT2D eigenvalue weighted by molar-refractivity contribution is -0.0743. The first-order valence-electron chi connectivity index (χ1n) is 14.2. The van der Waals surface area contributed by atoms with E-state index in [0.29, 0.717) is 29.7 Å². The Balaban J connectivity index is 1.18. The second-order valence-corrected chi connectivity index (χ2v) is 12.0. The molecule has 43 heavy (non-hydrogen) atoms. The van der Waals surface area contributed by atoms with Crippen LogP contribution in [0.2, 0.25) is 10.0 Å². The predicted octanol–water partition coefficient (Wildman–Crippen LogP) is 5.96. The van der Waals surface area contributed by atoms with Gasteiger partial charge in [0.05, 0.1) is 6.54 Å². The van der Waals surface area contributed by atoms with Crippen LogP contribution in [0.4, 0.5) is 8.78 Å². The van der Waals surface area contributed by atoms with Crippen LogP contribution in [0.5, 0.6) is 0 Å². The summed E-state index contributed by atoms with van der Waals surface area (Å²) in [5.74, 6) is -1.48. The Morgan fingerprint density at radius 2 is 1.74 bits per heavy atom. The first kappa shape index (κ1) is 29.7. The molecule has 6 rings (SSSR count). The molecule has 1 N–H and O–H groups in total. The molecule has 7 nitrogen and oxygen atoms in total. The third-order valence-corrected chi connectivity index (χ3v) is 9.12. The van der Waals surface area contributed by atoms with E-state index in [-0.39, 0.29) is 12.1 Å². The van der Waals surface area contributed by atoms with Gasteiger partial charge >= 0.3 is 0 Å². The Morgan fingerprint density at radius 3 is 2.47 bits per heavy atom. The fourth-order valence-corrected chi connectivity index (χ4v) is 6.58. The molecule has 1 aliphatic heterocycles. The monoisotopic (exact) mass is 624 g/mol. The Hall–Kier alpha value is -3.34. The van der Waals surface area contributed by atoms with Gasteiger partial charge in [0.25, 0.3) is 0 Å². The summed E-state index contributed by atoms with van der Waals surface area (Å²) >= 11 is 12.6. The molecule has 11 heteroatoms. The fraction of sp³-hybridized carbons (Fsp3) is 0.312. The van der Waals surface area contributed by atoms with Gasteiger partial charge < -0.3 is 9.67 Å². The molecular formula is C32H32Cl2F2N6O. The maximum absolute atomic E-state index is 15.0. The topological polar surface area (TPSA) is 62.4 Å². The lowest BCUT2D eigenvalue weighted by Gasteiger charge is -2.45. The highest BCUT2D eigenvalue weighted by Gasteiger charge is 2.42.